The summed E-state index contributed by atoms with van der Waals surface area (Å²) >= 11 is 5.00. The Bertz CT molecular complexity index is 390. The lowest BCUT2D eigenvalue weighted by atomic mass is 10.0. The number of nitrogens with two attached hydrogens (primary N) is 1. The molecule has 1 aromatic heterocycles. The lowest BCUT2D eigenvalue weighted by molar-refractivity contribution is 0.0681. The van der Waals surface area contributed by atoms with Crippen LogP contribution in [0, 0.1) is 0 Å². The summed E-state index contributed by atoms with van der Waals surface area (Å²) in [5.41, 5.74) is 6.22. The minimum Gasteiger partial charge on any atom is -0.392 e. The van der Waals surface area contributed by atoms with Crippen LogP contribution in [0.2, 0.25) is 0 Å². The van der Waals surface area contributed by atoms with Gasteiger partial charge in [0.15, 0.2) is 0 Å². The molecule has 16 heavy (non-hydrogen) atoms. The number of carbonyl (C=O) groups is 1. The van der Waals surface area contributed by atoms with E-state index in [1.165, 1.54) is 6.20 Å². The fourth-order valence-corrected chi connectivity index (χ4v) is 2.25. The summed E-state index contributed by atoms with van der Waals surface area (Å²) in [6, 6.07) is -0.105. The van der Waals surface area contributed by atoms with Gasteiger partial charge < -0.3 is 10.6 Å². The molecule has 0 aliphatic carbocycles. The van der Waals surface area contributed by atoms with Crippen LogP contribution in [0.5, 0.6) is 0 Å². The highest BCUT2D eigenvalue weighted by Crippen LogP contribution is 2.19. The van der Waals surface area contributed by atoms with Crippen molar-refractivity contribution in [3.05, 3.63) is 18.0 Å². The van der Waals surface area contributed by atoms with E-state index in [0.717, 1.165) is 19.3 Å². The van der Waals surface area contributed by atoms with Gasteiger partial charge in [-0.3, -0.25) is 9.89 Å². The Morgan fingerprint density at radius 1 is 1.62 bits per heavy atom. The second-order valence-electron chi connectivity index (χ2n) is 3.90. The van der Waals surface area contributed by atoms with Crippen molar-refractivity contribution in [1.82, 2.24) is 15.1 Å². The largest absolute Gasteiger partial charge is 0.392 e. The summed E-state index contributed by atoms with van der Waals surface area (Å²) < 4.78 is 0. The Labute approximate surface area is 99.0 Å². The van der Waals surface area contributed by atoms with Crippen LogP contribution in [-0.4, -0.2) is 38.6 Å². The van der Waals surface area contributed by atoms with E-state index < -0.39 is 0 Å². The summed E-state index contributed by atoms with van der Waals surface area (Å²) in [4.78, 5) is 14.3. The Morgan fingerprint density at radius 3 is 3.06 bits per heavy atom. The maximum atomic E-state index is 12.1. The van der Waals surface area contributed by atoms with Gasteiger partial charge in [0.25, 0.3) is 5.91 Å². The number of aromatic amines is 1. The summed E-state index contributed by atoms with van der Waals surface area (Å²) in [6.07, 6.45) is 6.04. The van der Waals surface area contributed by atoms with Crippen LogP contribution in [-0.2, 0) is 0 Å². The molecule has 6 heteroatoms. The molecule has 0 bridgehead atoms. The highest BCUT2D eigenvalue weighted by Gasteiger charge is 2.29. The number of piperidine rings is 1. The molecule has 0 aromatic carbocycles. The smallest absolute Gasteiger partial charge is 0.257 e. The quantitative estimate of drug-likeness (QED) is 0.743. The van der Waals surface area contributed by atoms with Gasteiger partial charge in [0, 0.05) is 12.7 Å². The van der Waals surface area contributed by atoms with Crippen molar-refractivity contribution in [1.29, 1.82) is 0 Å². The van der Waals surface area contributed by atoms with Crippen LogP contribution >= 0.6 is 12.2 Å². The Hall–Kier alpha value is -1.43. The van der Waals surface area contributed by atoms with Gasteiger partial charge in [0.05, 0.1) is 22.8 Å². The van der Waals surface area contributed by atoms with Gasteiger partial charge in [-0.1, -0.05) is 12.2 Å². The van der Waals surface area contributed by atoms with Crippen molar-refractivity contribution >= 4 is 23.1 Å². The van der Waals surface area contributed by atoms with Crippen LogP contribution in [0.25, 0.3) is 0 Å². The normalized spacial score (nSPS) is 20.8. The summed E-state index contributed by atoms with van der Waals surface area (Å²) in [5, 5.41) is 6.40. The topological polar surface area (TPSA) is 75.0 Å². The number of thiocarbonyl (C=S) groups is 1. The lowest BCUT2D eigenvalue weighted by Gasteiger charge is -2.34. The van der Waals surface area contributed by atoms with Crippen LogP contribution in [0.15, 0.2) is 12.4 Å². The molecule has 0 saturated carbocycles. The van der Waals surface area contributed by atoms with Gasteiger partial charge in [-0.25, -0.2) is 0 Å². The van der Waals surface area contributed by atoms with E-state index in [4.69, 9.17) is 18.0 Å². The number of nitrogens with zero attached hydrogens (tertiary/aromatic N) is 2. The van der Waals surface area contributed by atoms with E-state index in [1.54, 1.807) is 11.1 Å². The number of hydrogen-bond donors (Lipinski definition) is 2. The average molecular weight is 238 g/mol. The third-order valence-electron chi connectivity index (χ3n) is 2.84. The Morgan fingerprint density at radius 2 is 2.44 bits per heavy atom. The molecular weight excluding hydrogens is 224 g/mol. The number of aromatic nitrogens is 2. The summed E-state index contributed by atoms with van der Waals surface area (Å²) in [7, 11) is 0. The van der Waals surface area contributed by atoms with Gasteiger partial charge in [0.2, 0.25) is 0 Å². The molecule has 5 nitrogen and oxygen atoms in total. The molecule has 1 unspecified atom stereocenters. The second kappa shape index (κ2) is 4.61. The molecule has 0 spiro atoms. The molecule has 1 saturated heterocycles. The predicted octanol–water partition coefficient (Wildman–Crippen LogP) is 0.690. The maximum Gasteiger partial charge on any atom is 0.257 e. The molecule has 1 aromatic rings. The Kier molecular flexibility index (Phi) is 3.19. The minimum atomic E-state index is -0.105. The zero-order valence-corrected chi connectivity index (χ0v) is 9.67. The van der Waals surface area contributed by atoms with Crippen LogP contribution < -0.4 is 5.73 Å². The molecule has 1 amide bonds. The molecule has 2 rings (SSSR count). The number of H-pyrrole nitrogens is 1. The number of hydrogen-bond acceptors (Lipinski definition) is 3. The number of amides is 1. The highest BCUT2D eigenvalue weighted by atomic mass is 32.1. The summed E-state index contributed by atoms with van der Waals surface area (Å²) in [6.45, 7) is 0.714. The van der Waals surface area contributed by atoms with E-state index in [-0.39, 0.29) is 11.9 Å². The first kappa shape index (κ1) is 11.1. The Balaban J connectivity index is 2.17. The fourth-order valence-electron chi connectivity index (χ4n) is 2.00. The van der Waals surface area contributed by atoms with Gasteiger partial charge in [-0.05, 0) is 19.3 Å². The molecule has 3 N–H and O–H groups in total. The predicted molar refractivity (Wildman–Crippen MR) is 64.0 cm³/mol. The van der Waals surface area contributed by atoms with Gasteiger partial charge in [-0.2, -0.15) is 5.10 Å². The third-order valence-corrected chi connectivity index (χ3v) is 3.11. The van der Waals surface area contributed by atoms with Crippen molar-refractivity contribution in [2.24, 2.45) is 5.73 Å². The summed E-state index contributed by atoms with van der Waals surface area (Å²) in [5.74, 6) is -0.0498. The van der Waals surface area contributed by atoms with E-state index in [2.05, 4.69) is 10.2 Å². The molecule has 86 valence electrons. The number of carbonyl (C=O) groups excluding carboxylic acids is 1. The van der Waals surface area contributed by atoms with E-state index >= 15 is 0 Å². The van der Waals surface area contributed by atoms with Gasteiger partial charge in [-0.15, -0.1) is 0 Å². The lowest BCUT2D eigenvalue weighted by Crippen LogP contribution is -2.49. The van der Waals surface area contributed by atoms with Crippen LogP contribution in [0.4, 0.5) is 0 Å². The molecular formula is C10H14N4OS. The van der Waals surface area contributed by atoms with Crippen LogP contribution in [0.3, 0.4) is 0 Å². The first-order valence-electron chi connectivity index (χ1n) is 5.29. The fraction of sp³-hybridized carbons (Fsp3) is 0.500. The van der Waals surface area contributed by atoms with Crippen LogP contribution in [0.1, 0.15) is 29.6 Å². The molecule has 1 aliphatic rings. The average Bonchev–Trinajstić information content (AvgIpc) is 2.81. The molecule has 1 fully saturated rings. The molecule has 1 atom stereocenters. The van der Waals surface area contributed by atoms with Gasteiger partial charge >= 0.3 is 0 Å². The van der Waals surface area contributed by atoms with E-state index in [0.29, 0.717) is 17.1 Å². The van der Waals surface area contributed by atoms with Crippen molar-refractivity contribution in [3.63, 3.8) is 0 Å². The minimum absolute atomic E-state index is 0.0498. The number of rotatable bonds is 2. The highest BCUT2D eigenvalue weighted by molar-refractivity contribution is 7.80. The van der Waals surface area contributed by atoms with Crippen molar-refractivity contribution in [3.8, 4) is 0 Å². The van der Waals surface area contributed by atoms with E-state index in [1.807, 2.05) is 0 Å². The molecule has 0 radical (unpaired) electrons. The first-order valence-corrected chi connectivity index (χ1v) is 5.70. The maximum absolute atomic E-state index is 12.1. The standard InChI is InChI=1S/C10H14N4OS/c11-9(16)8-3-1-2-4-14(8)10(15)7-5-12-13-6-7/h5-6,8H,1-4H2,(H2,11,16)(H,12,13). The zero-order valence-electron chi connectivity index (χ0n) is 8.85. The first-order chi connectivity index (χ1) is 7.70. The monoisotopic (exact) mass is 238 g/mol. The number of likely N-dealkylation sites (tertiary alicyclic amines) is 1. The van der Waals surface area contributed by atoms with E-state index in [9.17, 15) is 4.79 Å². The third kappa shape index (κ3) is 2.06. The van der Waals surface area contributed by atoms with Crippen molar-refractivity contribution in [2.45, 2.75) is 25.3 Å². The van der Waals surface area contributed by atoms with Gasteiger partial charge in [0.1, 0.15) is 0 Å². The second-order valence-corrected chi connectivity index (χ2v) is 4.37. The molecule has 2 heterocycles. The van der Waals surface area contributed by atoms with Crippen molar-refractivity contribution < 1.29 is 4.79 Å². The van der Waals surface area contributed by atoms with Crippen molar-refractivity contribution in [2.75, 3.05) is 6.54 Å². The zero-order chi connectivity index (χ0) is 11.5. The number of nitrogens with one attached hydrogen (secondary N) is 1. The molecule has 1 aliphatic heterocycles. The SMILES string of the molecule is NC(=S)C1CCCCN1C(=O)c1cn[nH]c1.